The first-order chi connectivity index (χ1) is 13.0. The van der Waals surface area contributed by atoms with Gasteiger partial charge in [-0.2, -0.15) is 0 Å². The van der Waals surface area contributed by atoms with Gasteiger partial charge in [-0.15, -0.1) is 0 Å². The molecule has 0 radical (unpaired) electrons. The van der Waals surface area contributed by atoms with Crippen LogP contribution in [-0.2, 0) is 25.7 Å². The van der Waals surface area contributed by atoms with E-state index in [4.69, 9.17) is 0 Å². The maximum atomic E-state index is 13.0. The minimum atomic E-state index is -0.766. The van der Waals surface area contributed by atoms with E-state index in [0.29, 0.717) is 18.5 Å². The fourth-order valence-electron chi connectivity index (χ4n) is 3.89. The van der Waals surface area contributed by atoms with E-state index in [1.54, 1.807) is 12.1 Å². The molecule has 8 nitrogen and oxygen atoms in total. The first kappa shape index (κ1) is 17.4. The monoisotopic (exact) mass is 369 g/mol. The molecule has 4 rings (SSSR count). The average Bonchev–Trinajstić information content (AvgIpc) is 2.98. The van der Waals surface area contributed by atoms with Crippen LogP contribution in [0.1, 0.15) is 48.0 Å². The molecule has 0 bridgehead atoms. The largest absolute Gasteiger partial charge is 0.322 e. The zero-order chi connectivity index (χ0) is 19.1. The molecule has 27 heavy (non-hydrogen) atoms. The second kappa shape index (κ2) is 6.61. The Morgan fingerprint density at radius 1 is 0.852 bits per heavy atom. The molecular formula is C19H19N3O5. The lowest BCUT2D eigenvalue weighted by molar-refractivity contribution is -0.160. The zero-order valence-corrected chi connectivity index (χ0v) is 14.7. The van der Waals surface area contributed by atoms with Crippen LogP contribution in [0.3, 0.4) is 0 Å². The van der Waals surface area contributed by atoms with Gasteiger partial charge in [-0.3, -0.25) is 33.8 Å². The third-order valence-corrected chi connectivity index (χ3v) is 5.38. The molecule has 140 valence electrons. The van der Waals surface area contributed by atoms with Gasteiger partial charge in [-0.05, 0) is 24.5 Å². The van der Waals surface area contributed by atoms with E-state index in [1.165, 1.54) is 4.90 Å². The van der Waals surface area contributed by atoms with Gasteiger partial charge >= 0.3 is 0 Å². The fraction of sp³-hybridized carbons (Fsp3) is 0.421. The van der Waals surface area contributed by atoms with Gasteiger partial charge in [0.2, 0.25) is 17.7 Å². The molecule has 1 atom stereocenters. The highest BCUT2D eigenvalue weighted by Crippen LogP contribution is 2.29. The van der Waals surface area contributed by atoms with Gasteiger partial charge in [-0.25, -0.2) is 0 Å². The minimum absolute atomic E-state index is 0.0900. The van der Waals surface area contributed by atoms with Crippen LogP contribution in [0.15, 0.2) is 24.3 Å². The zero-order valence-electron chi connectivity index (χ0n) is 14.7. The summed E-state index contributed by atoms with van der Waals surface area (Å²) in [7, 11) is 0. The van der Waals surface area contributed by atoms with Crippen molar-refractivity contribution in [3.63, 3.8) is 0 Å². The molecular weight excluding hydrogens is 350 g/mol. The number of carbonyl (C=O) groups is 5. The molecule has 1 unspecified atom stereocenters. The minimum Gasteiger partial charge on any atom is -0.322 e. The van der Waals surface area contributed by atoms with Crippen molar-refractivity contribution in [1.82, 2.24) is 14.7 Å². The summed E-state index contributed by atoms with van der Waals surface area (Å²) in [5, 5.41) is 0. The van der Waals surface area contributed by atoms with E-state index in [2.05, 4.69) is 0 Å². The quantitative estimate of drug-likeness (QED) is 0.730. The molecule has 0 aromatic heterocycles. The Bertz CT molecular complexity index is 849. The van der Waals surface area contributed by atoms with Gasteiger partial charge in [0.25, 0.3) is 11.8 Å². The summed E-state index contributed by atoms with van der Waals surface area (Å²) in [4.78, 5) is 65.4. The normalized spacial score (nSPS) is 23.3. The van der Waals surface area contributed by atoms with E-state index >= 15 is 0 Å². The average molecular weight is 369 g/mol. The van der Waals surface area contributed by atoms with Crippen molar-refractivity contribution in [2.24, 2.45) is 0 Å². The smallest absolute Gasteiger partial charge is 0.255 e. The molecule has 0 spiro atoms. The van der Waals surface area contributed by atoms with Crippen LogP contribution in [0.4, 0.5) is 0 Å². The SMILES string of the molecule is O=C1CCCC(=O)N1CN1C(=O)CCC(N2Cc3ccccc3C2=O)C1=O. The molecule has 3 heterocycles. The summed E-state index contributed by atoms with van der Waals surface area (Å²) in [5.41, 5.74) is 1.41. The number of fused-ring (bicyclic) bond motifs is 1. The molecule has 8 heteroatoms. The molecule has 1 aromatic carbocycles. The first-order valence-corrected chi connectivity index (χ1v) is 9.03. The number of hydrogen-bond donors (Lipinski definition) is 0. The van der Waals surface area contributed by atoms with Gasteiger partial charge < -0.3 is 4.90 Å². The highest BCUT2D eigenvalue weighted by Gasteiger charge is 2.44. The summed E-state index contributed by atoms with van der Waals surface area (Å²) in [6.45, 7) is -0.0458. The molecule has 0 saturated carbocycles. The number of benzene rings is 1. The molecule has 2 saturated heterocycles. The van der Waals surface area contributed by atoms with Crippen LogP contribution in [0.5, 0.6) is 0 Å². The summed E-state index contributed by atoms with van der Waals surface area (Å²) in [5.74, 6) is -1.94. The van der Waals surface area contributed by atoms with E-state index in [9.17, 15) is 24.0 Å². The van der Waals surface area contributed by atoms with Crippen LogP contribution < -0.4 is 0 Å². The van der Waals surface area contributed by atoms with Crippen molar-refractivity contribution in [3.8, 4) is 0 Å². The maximum Gasteiger partial charge on any atom is 0.255 e. The van der Waals surface area contributed by atoms with Crippen molar-refractivity contribution < 1.29 is 24.0 Å². The van der Waals surface area contributed by atoms with Gasteiger partial charge in [0.1, 0.15) is 12.7 Å². The van der Waals surface area contributed by atoms with E-state index < -0.39 is 17.9 Å². The Labute approximate surface area is 155 Å². The van der Waals surface area contributed by atoms with E-state index in [0.717, 1.165) is 15.4 Å². The fourth-order valence-corrected chi connectivity index (χ4v) is 3.89. The van der Waals surface area contributed by atoms with Crippen molar-refractivity contribution >= 4 is 29.5 Å². The lowest BCUT2D eigenvalue weighted by Crippen LogP contribution is -2.58. The Morgan fingerprint density at radius 3 is 2.22 bits per heavy atom. The lowest BCUT2D eigenvalue weighted by Gasteiger charge is -2.37. The Kier molecular flexibility index (Phi) is 4.25. The number of rotatable bonds is 3. The van der Waals surface area contributed by atoms with E-state index in [-0.39, 0.29) is 50.1 Å². The summed E-state index contributed by atoms with van der Waals surface area (Å²) in [6, 6.07) is 6.40. The van der Waals surface area contributed by atoms with Crippen molar-refractivity contribution in [3.05, 3.63) is 35.4 Å². The van der Waals surface area contributed by atoms with Crippen LogP contribution in [-0.4, -0.2) is 56.9 Å². The molecule has 5 amide bonds. The number of imide groups is 2. The van der Waals surface area contributed by atoms with Crippen molar-refractivity contribution in [2.45, 2.75) is 44.7 Å². The topological polar surface area (TPSA) is 95.1 Å². The Morgan fingerprint density at radius 2 is 1.52 bits per heavy atom. The molecule has 2 fully saturated rings. The second-order valence-corrected chi connectivity index (χ2v) is 7.02. The van der Waals surface area contributed by atoms with Gasteiger partial charge in [0, 0.05) is 31.4 Å². The molecule has 0 aliphatic carbocycles. The molecule has 0 N–H and O–H groups in total. The molecule has 3 aliphatic rings. The summed E-state index contributed by atoms with van der Waals surface area (Å²) in [6.07, 6.45) is 1.28. The number of hydrogen-bond acceptors (Lipinski definition) is 5. The van der Waals surface area contributed by atoms with Gasteiger partial charge in [0.05, 0.1) is 0 Å². The van der Waals surface area contributed by atoms with Gasteiger partial charge in [0.15, 0.2) is 0 Å². The third kappa shape index (κ3) is 2.90. The highest BCUT2D eigenvalue weighted by molar-refractivity contribution is 6.06. The predicted molar refractivity (Wildman–Crippen MR) is 91.8 cm³/mol. The lowest BCUT2D eigenvalue weighted by atomic mass is 10.0. The third-order valence-electron chi connectivity index (χ3n) is 5.38. The second-order valence-electron chi connectivity index (χ2n) is 7.02. The molecule has 3 aliphatic heterocycles. The van der Waals surface area contributed by atoms with Crippen LogP contribution in [0.2, 0.25) is 0 Å². The summed E-state index contributed by atoms with van der Waals surface area (Å²) < 4.78 is 0. The standard InChI is InChI=1S/C19H19N3O5/c23-15-6-3-7-16(24)21(15)11-22-17(25)9-8-14(19(22)27)20-10-12-4-1-2-5-13(12)18(20)26/h1-2,4-5,14H,3,6-11H2. The van der Waals surface area contributed by atoms with Crippen molar-refractivity contribution in [1.29, 1.82) is 0 Å². The van der Waals surface area contributed by atoms with Gasteiger partial charge in [-0.1, -0.05) is 18.2 Å². The first-order valence-electron chi connectivity index (χ1n) is 9.03. The number of carbonyl (C=O) groups excluding carboxylic acids is 5. The number of amides is 5. The predicted octanol–water partition coefficient (Wildman–Crippen LogP) is 0.657. The Hall–Kier alpha value is -3.03. The molecule has 1 aromatic rings. The number of piperidine rings is 2. The summed E-state index contributed by atoms with van der Waals surface area (Å²) >= 11 is 0. The number of likely N-dealkylation sites (tertiary alicyclic amines) is 2. The van der Waals surface area contributed by atoms with Crippen LogP contribution in [0, 0.1) is 0 Å². The Balaban J connectivity index is 1.54. The maximum absolute atomic E-state index is 13.0. The van der Waals surface area contributed by atoms with Crippen LogP contribution in [0.25, 0.3) is 0 Å². The number of nitrogens with zero attached hydrogens (tertiary/aromatic N) is 3. The highest BCUT2D eigenvalue weighted by atomic mass is 16.2. The van der Waals surface area contributed by atoms with Crippen LogP contribution >= 0.6 is 0 Å². The van der Waals surface area contributed by atoms with E-state index in [1.807, 2.05) is 12.1 Å². The van der Waals surface area contributed by atoms with Crippen molar-refractivity contribution in [2.75, 3.05) is 6.67 Å².